The van der Waals surface area contributed by atoms with Crippen molar-refractivity contribution < 1.29 is 39.5 Å². The Morgan fingerprint density at radius 3 is 1.30 bits per heavy atom. The third-order valence-electron chi connectivity index (χ3n) is 5.78. The molecule has 0 aromatic heterocycles. The van der Waals surface area contributed by atoms with Gasteiger partial charge in [-0.3, -0.25) is 0 Å². The fraction of sp³-hybridized carbons (Fsp3) is 0.474. The number of hydrogen-bond acceptors (Lipinski definition) is 0. The second-order valence-corrected chi connectivity index (χ2v) is 10.2. The van der Waals surface area contributed by atoms with E-state index in [1.807, 2.05) is 0 Å². The summed E-state index contributed by atoms with van der Waals surface area (Å²) >= 11 is 6.38. The van der Waals surface area contributed by atoms with Crippen molar-refractivity contribution in [2.24, 2.45) is 0 Å². The van der Waals surface area contributed by atoms with Gasteiger partial charge in [-0.05, 0) is 57.9 Å². The highest BCUT2D eigenvalue weighted by Gasteiger charge is 2.51. The van der Waals surface area contributed by atoms with Crippen molar-refractivity contribution in [1.29, 1.82) is 0 Å². The number of alkyl halides is 9. The maximum Gasteiger partial charge on any atom is 0.417 e. The van der Waals surface area contributed by atoms with Gasteiger partial charge in [0, 0.05) is 17.7 Å². The minimum atomic E-state index is -5.47. The molecule has 2 rings (SSSR count). The first-order chi connectivity index (χ1) is 13.3. The van der Waals surface area contributed by atoms with Crippen molar-refractivity contribution in [3.05, 3.63) is 51.1 Å². The van der Waals surface area contributed by atoms with Gasteiger partial charge in [0.05, 0.1) is 16.7 Å². The summed E-state index contributed by atoms with van der Waals surface area (Å²) < 4.78 is 121. The SMILES string of the molecule is CC1=C(C)C(C)([P@@](Cl)c2c(C(F)(F)F)cc(C(F)(F)F)cc2C(F)(F)F)C(C)=C1C. The van der Waals surface area contributed by atoms with Gasteiger partial charge < -0.3 is 0 Å². The normalized spacial score (nSPS) is 19.0. The van der Waals surface area contributed by atoms with E-state index in [9.17, 15) is 39.5 Å². The molecule has 1 aliphatic carbocycles. The molecule has 0 saturated carbocycles. The lowest BCUT2D eigenvalue weighted by Crippen LogP contribution is -2.34. The molecule has 0 nitrogen and oxygen atoms in total. The smallest absolute Gasteiger partial charge is 0.166 e. The van der Waals surface area contributed by atoms with Gasteiger partial charge in [-0.2, -0.15) is 39.5 Å². The molecule has 0 fully saturated rings. The van der Waals surface area contributed by atoms with Crippen LogP contribution in [0.1, 0.15) is 51.3 Å². The lowest BCUT2D eigenvalue weighted by atomic mass is 9.98. The van der Waals surface area contributed by atoms with Gasteiger partial charge in [-0.25, -0.2) is 0 Å². The summed E-state index contributed by atoms with van der Waals surface area (Å²) in [6.07, 6.45) is -16.3. The maximum absolute atomic E-state index is 13.7. The minimum Gasteiger partial charge on any atom is -0.166 e. The Labute approximate surface area is 173 Å². The van der Waals surface area contributed by atoms with E-state index in [2.05, 4.69) is 0 Å². The van der Waals surface area contributed by atoms with Crippen LogP contribution in [-0.2, 0) is 18.5 Å². The van der Waals surface area contributed by atoms with E-state index in [0.717, 1.165) is 0 Å². The first kappa shape index (κ1) is 25.1. The number of allylic oxidation sites excluding steroid dienone is 4. The van der Waals surface area contributed by atoms with Crippen LogP contribution >= 0.6 is 18.5 Å². The molecule has 0 spiro atoms. The Bertz CT molecular complexity index is 874. The minimum absolute atomic E-state index is 0.293. The first-order valence-electron chi connectivity index (χ1n) is 8.47. The fourth-order valence-corrected chi connectivity index (χ4v) is 7.02. The average molecular weight is 483 g/mol. The molecule has 0 amide bonds. The Balaban J connectivity index is 2.98. The van der Waals surface area contributed by atoms with Crippen molar-refractivity contribution in [3.63, 3.8) is 0 Å². The van der Waals surface area contributed by atoms with E-state index in [1.54, 1.807) is 27.7 Å². The number of benzene rings is 1. The molecular formula is C19H17ClF9P. The van der Waals surface area contributed by atoms with E-state index in [0.29, 0.717) is 22.3 Å². The summed E-state index contributed by atoms with van der Waals surface area (Å²) in [6.45, 7) is 7.87. The van der Waals surface area contributed by atoms with Crippen molar-refractivity contribution in [2.45, 2.75) is 58.3 Å². The van der Waals surface area contributed by atoms with E-state index >= 15 is 0 Å². The first-order valence-corrected chi connectivity index (χ1v) is 10.7. The second-order valence-electron chi connectivity index (χ2n) is 7.27. The maximum atomic E-state index is 13.7. The summed E-state index contributed by atoms with van der Waals surface area (Å²) in [5.41, 5.74) is -3.74. The van der Waals surface area contributed by atoms with Crippen LogP contribution in [0.3, 0.4) is 0 Å². The molecule has 0 saturated heterocycles. The van der Waals surface area contributed by atoms with E-state index < -0.39 is 53.0 Å². The van der Waals surface area contributed by atoms with Crippen LogP contribution in [0.25, 0.3) is 0 Å². The molecule has 0 heterocycles. The molecule has 0 aliphatic heterocycles. The standard InChI is InChI=1S/C19H17ClF9P/c1-8-9(2)11(4)16(5,10(8)3)30(20)15-13(18(24,25)26)6-12(17(21,22)23)7-14(15)19(27,28)29/h6-7H,1-5H3/t30-/m0/s1. The molecule has 0 radical (unpaired) electrons. The average Bonchev–Trinajstić information content (AvgIpc) is 2.74. The molecule has 30 heavy (non-hydrogen) atoms. The second kappa shape index (κ2) is 7.44. The van der Waals surface area contributed by atoms with Gasteiger partial charge >= 0.3 is 18.5 Å². The third kappa shape index (κ3) is 3.99. The summed E-state index contributed by atoms with van der Waals surface area (Å²) in [5.74, 6) is 0. The van der Waals surface area contributed by atoms with Crippen molar-refractivity contribution >= 4 is 23.8 Å². The van der Waals surface area contributed by atoms with Crippen molar-refractivity contribution in [3.8, 4) is 0 Å². The molecule has 0 bridgehead atoms. The number of rotatable bonds is 2. The highest BCUT2D eigenvalue weighted by molar-refractivity contribution is 7.91. The van der Waals surface area contributed by atoms with Gasteiger partial charge in [-0.15, -0.1) is 0 Å². The zero-order valence-electron chi connectivity index (χ0n) is 16.4. The van der Waals surface area contributed by atoms with Gasteiger partial charge in [0.1, 0.15) is 0 Å². The predicted molar refractivity (Wildman–Crippen MR) is 99.0 cm³/mol. The van der Waals surface area contributed by atoms with E-state index in [4.69, 9.17) is 11.2 Å². The number of halogens is 10. The Hall–Kier alpha value is -1.21. The topological polar surface area (TPSA) is 0 Å². The zero-order valence-corrected chi connectivity index (χ0v) is 18.0. The fourth-order valence-electron chi connectivity index (χ4n) is 3.53. The molecule has 0 unspecified atom stereocenters. The molecule has 1 aromatic carbocycles. The zero-order chi connectivity index (χ0) is 23.6. The lowest BCUT2D eigenvalue weighted by Gasteiger charge is -2.37. The van der Waals surface area contributed by atoms with Crippen LogP contribution < -0.4 is 5.30 Å². The van der Waals surface area contributed by atoms with Crippen LogP contribution in [0.15, 0.2) is 34.4 Å². The van der Waals surface area contributed by atoms with E-state index in [1.165, 1.54) is 6.92 Å². The predicted octanol–water partition coefficient (Wildman–Crippen LogP) is 8.45. The summed E-state index contributed by atoms with van der Waals surface area (Å²) in [6, 6.07) is -0.586. The highest BCUT2D eigenvalue weighted by atomic mass is 35.7. The Morgan fingerprint density at radius 2 is 1.03 bits per heavy atom. The molecule has 1 aliphatic rings. The van der Waals surface area contributed by atoms with Crippen LogP contribution in [0.5, 0.6) is 0 Å². The van der Waals surface area contributed by atoms with Crippen molar-refractivity contribution in [2.75, 3.05) is 0 Å². The molecule has 11 heteroatoms. The molecule has 168 valence electrons. The molecule has 1 atom stereocenters. The van der Waals surface area contributed by atoms with Crippen LogP contribution in [0.4, 0.5) is 39.5 Å². The highest BCUT2D eigenvalue weighted by Crippen LogP contribution is 2.66. The largest absolute Gasteiger partial charge is 0.417 e. The lowest BCUT2D eigenvalue weighted by molar-refractivity contribution is -0.147. The van der Waals surface area contributed by atoms with Gasteiger partial charge in [0.25, 0.3) is 0 Å². The van der Waals surface area contributed by atoms with E-state index in [-0.39, 0.29) is 12.1 Å². The van der Waals surface area contributed by atoms with Gasteiger partial charge in [-0.1, -0.05) is 22.4 Å². The quantitative estimate of drug-likeness (QED) is 0.293. The molecule has 1 aromatic rings. The van der Waals surface area contributed by atoms with Crippen LogP contribution in [0.2, 0.25) is 0 Å². The van der Waals surface area contributed by atoms with Crippen LogP contribution in [-0.4, -0.2) is 5.16 Å². The summed E-state index contributed by atoms with van der Waals surface area (Å²) in [4.78, 5) is 0. The Morgan fingerprint density at radius 1 is 0.700 bits per heavy atom. The summed E-state index contributed by atoms with van der Waals surface area (Å²) in [5, 5.41) is -2.73. The molecular weight excluding hydrogens is 466 g/mol. The monoisotopic (exact) mass is 482 g/mol. The molecule has 0 N–H and O–H groups in total. The van der Waals surface area contributed by atoms with Crippen LogP contribution in [0, 0.1) is 0 Å². The summed E-state index contributed by atoms with van der Waals surface area (Å²) in [7, 11) is -2.76. The third-order valence-corrected chi connectivity index (χ3v) is 9.64. The van der Waals surface area contributed by atoms with Gasteiger partial charge in [0.2, 0.25) is 0 Å². The van der Waals surface area contributed by atoms with Crippen molar-refractivity contribution in [1.82, 2.24) is 0 Å². The Kier molecular flexibility index (Phi) is 6.21. The number of hydrogen-bond donors (Lipinski definition) is 0. The van der Waals surface area contributed by atoms with Gasteiger partial charge in [0.15, 0.2) is 0 Å².